The molecule has 0 radical (unpaired) electrons. The van der Waals surface area contributed by atoms with Gasteiger partial charge in [-0.25, -0.2) is 13.1 Å². The lowest BCUT2D eigenvalue weighted by Gasteiger charge is -2.30. The van der Waals surface area contributed by atoms with Crippen LogP contribution in [0.2, 0.25) is 0 Å². The number of allylic oxidation sites excluding steroid dienone is 1. The molecule has 0 saturated heterocycles. The minimum atomic E-state index is -4.00. The van der Waals surface area contributed by atoms with Gasteiger partial charge in [-0.15, -0.1) is 0 Å². The average Bonchev–Trinajstić information content (AvgIpc) is 3.32. The van der Waals surface area contributed by atoms with Gasteiger partial charge in [-0.3, -0.25) is 14.3 Å². The number of phenolic OH excluding ortho intramolecular Hbond substituents is 1. The molecule has 4 aromatic rings. The van der Waals surface area contributed by atoms with E-state index in [9.17, 15) is 28.2 Å². The van der Waals surface area contributed by atoms with Crippen LogP contribution in [0.15, 0.2) is 100 Å². The third kappa shape index (κ3) is 7.31. The summed E-state index contributed by atoms with van der Waals surface area (Å²) in [7, 11) is -0.747. The van der Waals surface area contributed by atoms with E-state index in [0.29, 0.717) is 22.7 Å². The highest BCUT2D eigenvalue weighted by atomic mass is 32.2. The first-order chi connectivity index (χ1) is 23.0. The molecular weight excluding hydrogens is 640 g/mol. The monoisotopic (exact) mass is 678 g/mol. The molecule has 1 aliphatic rings. The van der Waals surface area contributed by atoms with Crippen LogP contribution in [0.3, 0.4) is 0 Å². The molecule has 0 fully saturated rings. The largest absolute Gasteiger partial charge is 0.506 e. The molecule has 0 spiro atoms. The molecule has 2 heterocycles. The highest BCUT2D eigenvalue weighted by Crippen LogP contribution is 2.33. The van der Waals surface area contributed by atoms with E-state index in [-0.39, 0.29) is 53.8 Å². The number of amides is 1. The zero-order valence-corrected chi connectivity index (χ0v) is 27.6. The molecular formula is C34H38N4O9S. The Kier molecular flexibility index (Phi) is 10.7. The number of carbonyl (C=O) groups excluding carboxylic acids is 1. The van der Waals surface area contributed by atoms with E-state index < -0.39 is 34.7 Å². The summed E-state index contributed by atoms with van der Waals surface area (Å²) < 4.78 is 48.2. The van der Waals surface area contributed by atoms with Gasteiger partial charge in [-0.05, 0) is 61.5 Å². The SMILES string of the molecule is COc1ccc(S(=O)(=O)N(CCO)CCO[C@H]2C[C@@H](c3c(C)n(C)n(-c4ccccc4)c3=O)C=C(C(=O)Nc3ccccc3O)O2)cc1. The average molecular weight is 679 g/mol. The number of para-hydroxylation sites is 3. The highest BCUT2D eigenvalue weighted by Gasteiger charge is 2.34. The molecule has 0 bridgehead atoms. The Labute approximate surface area is 278 Å². The molecule has 254 valence electrons. The number of hydrogen-bond acceptors (Lipinski definition) is 9. The van der Waals surface area contributed by atoms with Crippen molar-refractivity contribution in [2.24, 2.45) is 7.05 Å². The zero-order valence-electron chi connectivity index (χ0n) is 26.8. The van der Waals surface area contributed by atoms with E-state index in [4.69, 9.17) is 14.2 Å². The standard InChI is InChI=1S/C34H38N4O9S/c1-23-32(34(42)38(36(23)2)25-9-5-4-6-10-25)24-21-30(33(41)35-28-11-7-8-12-29(28)40)47-31(22-24)46-20-18-37(17-19-39)48(43,44)27-15-13-26(45-3)14-16-27/h4-16,21,24,31,39-40H,17-20,22H2,1-3H3,(H,35,41)/t24-,31+/m0/s1. The molecule has 1 aromatic heterocycles. The summed E-state index contributed by atoms with van der Waals surface area (Å²) in [6.45, 7) is 0.935. The minimum Gasteiger partial charge on any atom is -0.506 e. The molecule has 48 heavy (non-hydrogen) atoms. The van der Waals surface area contributed by atoms with Crippen molar-refractivity contribution >= 4 is 21.6 Å². The van der Waals surface area contributed by atoms with Gasteiger partial charge in [0.15, 0.2) is 5.76 Å². The molecule has 0 aliphatic carbocycles. The number of sulfonamides is 1. The summed E-state index contributed by atoms with van der Waals surface area (Å²) in [5, 5.41) is 22.5. The summed E-state index contributed by atoms with van der Waals surface area (Å²) in [5.74, 6) is -1.07. The maximum atomic E-state index is 13.9. The zero-order chi connectivity index (χ0) is 34.4. The second-order valence-corrected chi connectivity index (χ2v) is 13.0. The number of anilines is 1. The summed E-state index contributed by atoms with van der Waals surface area (Å²) in [4.78, 5) is 27.3. The van der Waals surface area contributed by atoms with Crippen LogP contribution in [0.25, 0.3) is 5.69 Å². The van der Waals surface area contributed by atoms with Gasteiger partial charge in [0.1, 0.15) is 11.5 Å². The number of nitrogens with one attached hydrogen (secondary N) is 1. The fraction of sp³-hybridized carbons (Fsp3) is 0.294. The van der Waals surface area contributed by atoms with Crippen molar-refractivity contribution < 1.29 is 37.6 Å². The van der Waals surface area contributed by atoms with Crippen LogP contribution >= 0.6 is 0 Å². The molecule has 1 amide bonds. The number of methoxy groups -OCH3 is 1. The Bertz CT molecular complexity index is 1940. The lowest BCUT2D eigenvalue weighted by Crippen LogP contribution is -2.38. The number of aliphatic hydroxyl groups is 1. The van der Waals surface area contributed by atoms with Gasteiger partial charge in [0, 0.05) is 43.7 Å². The van der Waals surface area contributed by atoms with Crippen molar-refractivity contribution in [3.63, 3.8) is 0 Å². The van der Waals surface area contributed by atoms with Gasteiger partial charge >= 0.3 is 0 Å². The minimum absolute atomic E-state index is 0.0195. The first kappa shape index (κ1) is 34.4. The van der Waals surface area contributed by atoms with E-state index in [1.165, 1.54) is 43.5 Å². The number of phenols is 1. The summed E-state index contributed by atoms with van der Waals surface area (Å²) in [6, 6.07) is 21.3. The number of ether oxygens (including phenoxy) is 3. The highest BCUT2D eigenvalue weighted by molar-refractivity contribution is 7.89. The molecule has 0 unspecified atom stereocenters. The Morgan fingerprint density at radius 1 is 1.04 bits per heavy atom. The van der Waals surface area contributed by atoms with Crippen LogP contribution in [0.1, 0.15) is 23.6 Å². The maximum absolute atomic E-state index is 13.9. The van der Waals surface area contributed by atoms with Gasteiger partial charge in [-0.1, -0.05) is 30.3 Å². The molecule has 5 rings (SSSR count). The van der Waals surface area contributed by atoms with Crippen LogP contribution in [0.4, 0.5) is 5.69 Å². The van der Waals surface area contributed by atoms with E-state index in [2.05, 4.69) is 5.32 Å². The molecule has 3 N–H and O–H groups in total. The second-order valence-electron chi connectivity index (χ2n) is 11.0. The molecule has 2 atom stereocenters. The number of benzene rings is 3. The third-order valence-corrected chi connectivity index (χ3v) is 10.0. The van der Waals surface area contributed by atoms with E-state index in [0.717, 1.165) is 4.31 Å². The second kappa shape index (κ2) is 14.9. The number of nitrogens with zero attached hydrogens (tertiary/aromatic N) is 3. The quantitative estimate of drug-likeness (QED) is 0.180. The lowest BCUT2D eigenvalue weighted by molar-refractivity contribution is -0.143. The van der Waals surface area contributed by atoms with Crippen LogP contribution in [0.5, 0.6) is 11.5 Å². The fourth-order valence-corrected chi connectivity index (χ4v) is 6.96. The van der Waals surface area contributed by atoms with Crippen LogP contribution in [-0.4, -0.2) is 77.9 Å². The molecule has 13 nitrogen and oxygen atoms in total. The van der Waals surface area contributed by atoms with Crippen molar-refractivity contribution in [3.05, 3.63) is 112 Å². The number of aliphatic hydroxyl groups excluding tert-OH is 1. The van der Waals surface area contributed by atoms with Gasteiger partial charge in [0.05, 0.1) is 36.6 Å². The summed E-state index contributed by atoms with van der Waals surface area (Å²) in [5.41, 5.74) is 1.67. The van der Waals surface area contributed by atoms with Gasteiger partial charge < -0.3 is 29.7 Å². The van der Waals surface area contributed by atoms with Crippen molar-refractivity contribution in [2.75, 3.05) is 38.7 Å². The van der Waals surface area contributed by atoms with Crippen molar-refractivity contribution in [3.8, 4) is 17.2 Å². The predicted octanol–water partition coefficient (Wildman–Crippen LogP) is 3.25. The van der Waals surface area contributed by atoms with Gasteiger partial charge in [-0.2, -0.15) is 4.31 Å². The molecule has 14 heteroatoms. The first-order valence-electron chi connectivity index (χ1n) is 15.2. The van der Waals surface area contributed by atoms with Crippen molar-refractivity contribution in [1.29, 1.82) is 0 Å². The molecule has 1 aliphatic heterocycles. The fourth-order valence-electron chi connectivity index (χ4n) is 5.55. The number of aromatic hydroxyl groups is 1. The summed E-state index contributed by atoms with van der Waals surface area (Å²) >= 11 is 0. The van der Waals surface area contributed by atoms with E-state index in [1.807, 2.05) is 37.3 Å². The Morgan fingerprint density at radius 2 is 1.73 bits per heavy atom. The van der Waals surface area contributed by atoms with Gasteiger partial charge in [0.2, 0.25) is 16.3 Å². The molecule has 3 aromatic carbocycles. The smallest absolute Gasteiger partial charge is 0.290 e. The van der Waals surface area contributed by atoms with E-state index in [1.54, 1.807) is 34.6 Å². The number of hydrogen-bond donors (Lipinski definition) is 3. The number of aromatic nitrogens is 2. The lowest BCUT2D eigenvalue weighted by atomic mass is 9.93. The number of carbonyl (C=O) groups is 1. The topological polar surface area (TPSA) is 162 Å². The van der Waals surface area contributed by atoms with Crippen LogP contribution in [-0.2, 0) is 31.3 Å². The first-order valence-corrected chi connectivity index (χ1v) is 16.7. The third-order valence-electron chi connectivity index (χ3n) is 8.09. The Balaban J connectivity index is 1.41. The molecule has 0 saturated carbocycles. The normalized spacial score (nSPS) is 16.3. The summed E-state index contributed by atoms with van der Waals surface area (Å²) in [6.07, 6.45) is 0.655. The Hall–Kier alpha value is -4.89. The maximum Gasteiger partial charge on any atom is 0.290 e. The Morgan fingerprint density at radius 3 is 2.40 bits per heavy atom. The van der Waals surface area contributed by atoms with Crippen molar-refractivity contribution in [2.45, 2.75) is 30.4 Å². The number of rotatable bonds is 13. The van der Waals surface area contributed by atoms with Crippen LogP contribution < -0.4 is 15.6 Å². The van der Waals surface area contributed by atoms with Gasteiger partial charge in [0.25, 0.3) is 11.5 Å². The van der Waals surface area contributed by atoms with Crippen LogP contribution in [0, 0.1) is 6.92 Å². The predicted molar refractivity (Wildman–Crippen MR) is 178 cm³/mol. The van der Waals surface area contributed by atoms with Crippen molar-refractivity contribution in [1.82, 2.24) is 13.7 Å². The van der Waals surface area contributed by atoms with E-state index >= 15 is 0 Å².